The molecule has 7 rings (SSSR count). The lowest BCUT2D eigenvalue weighted by Crippen LogP contribution is -2.22. The number of hydrogen-bond donors (Lipinski definition) is 4. The van der Waals surface area contributed by atoms with Crippen LogP contribution in [0.3, 0.4) is 0 Å². The molecule has 0 atom stereocenters. The van der Waals surface area contributed by atoms with Gasteiger partial charge in [0.25, 0.3) is 20.2 Å². The monoisotopic (exact) mass is 993 g/mol. The van der Waals surface area contributed by atoms with E-state index in [1.807, 2.05) is 46.8 Å². The first kappa shape index (κ1) is 49.9. The number of benzene rings is 6. The summed E-state index contributed by atoms with van der Waals surface area (Å²) in [5.74, 6) is 2.00. The number of nitrogens with one attached hydrogen (secondary N) is 2. The van der Waals surface area contributed by atoms with Gasteiger partial charge in [-0.3, -0.25) is 9.11 Å². The number of rotatable bonds is 20. The summed E-state index contributed by atoms with van der Waals surface area (Å²) in [4.78, 5) is 18.1. The van der Waals surface area contributed by atoms with Crippen molar-refractivity contribution in [1.82, 2.24) is 15.0 Å². The molecule has 0 spiro atoms. The normalized spacial score (nSPS) is 12.0. The summed E-state index contributed by atoms with van der Waals surface area (Å²) in [6.07, 6.45) is 0. The van der Waals surface area contributed by atoms with Crippen LogP contribution < -0.4 is 29.9 Å². The second-order valence-corrected chi connectivity index (χ2v) is 19.0. The van der Waals surface area contributed by atoms with Crippen LogP contribution in [0.15, 0.2) is 132 Å². The van der Waals surface area contributed by atoms with E-state index in [0.29, 0.717) is 93.5 Å². The standard InChI is InChI=1S/C47H51N11O8S3/c1-8-57(9-2)39-25-35(37(27-41(39)65-6)55-53-33-21-23-43(68(59,60)61)31-19-15-13-17-29(31)33)48-45-50-46(52-47(51-45)67-12-5)49-36-26-40(58(10-3)11-4)42(66-7)28-38(36)56-54-34-22-24-44(69(62,63)64)32-20-16-14-18-30(32)34/h13-28H,8-12H2,1-7H3,(H,59,60,61)(H,62,63,64)(H2,48,49,50,51,52)/b55-53+,56-54+. The Bertz CT molecular complexity index is 3100. The molecule has 0 aliphatic rings. The molecule has 4 N–H and O–H groups in total. The van der Waals surface area contributed by atoms with Gasteiger partial charge in [0.15, 0.2) is 5.16 Å². The lowest BCUT2D eigenvalue weighted by Gasteiger charge is -2.25. The fourth-order valence-electron chi connectivity index (χ4n) is 7.68. The molecule has 0 saturated carbocycles. The second-order valence-electron chi connectivity index (χ2n) is 15.0. The number of hydrogen-bond acceptors (Lipinski definition) is 18. The van der Waals surface area contributed by atoms with Gasteiger partial charge in [0.1, 0.15) is 32.7 Å². The van der Waals surface area contributed by atoms with Crippen LogP contribution in [-0.4, -0.2) is 87.0 Å². The Labute approximate surface area is 404 Å². The van der Waals surface area contributed by atoms with E-state index < -0.39 is 20.2 Å². The zero-order valence-corrected chi connectivity index (χ0v) is 41.3. The maximum atomic E-state index is 12.2. The Balaban J connectivity index is 1.35. The van der Waals surface area contributed by atoms with E-state index in [0.717, 1.165) is 11.4 Å². The van der Waals surface area contributed by atoms with Crippen molar-refractivity contribution in [3.63, 3.8) is 0 Å². The van der Waals surface area contributed by atoms with Crippen LogP contribution >= 0.6 is 11.8 Å². The Hall–Kier alpha value is -6.98. The molecule has 6 aromatic carbocycles. The summed E-state index contributed by atoms with van der Waals surface area (Å²) in [5.41, 5.74) is 3.82. The summed E-state index contributed by atoms with van der Waals surface area (Å²) in [6, 6.07) is 26.1. The average molecular weight is 994 g/mol. The van der Waals surface area contributed by atoms with E-state index in [9.17, 15) is 25.9 Å². The van der Waals surface area contributed by atoms with Gasteiger partial charge < -0.3 is 29.9 Å². The quantitative estimate of drug-likeness (QED) is 0.0315. The number of aromatic nitrogens is 3. The molecule has 69 heavy (non-hydrogen) atoms. The third-order valence-corrected chi connectivity index (χ3v) is 13.5. The molecule has 0 aliphatic heterocycles. The second kappa shape index (κ2) is 21.5. The first-order valence-corrected chi connectivity index (χ1v) is 25.7. The third-order valence-electron chi connectivity index (χ3n) is 11.0. The number of anilines is 6. The van der Waals surface area contributed by atoms with Gasteiger partial charge in [0, 0.05) is 59.9 Å². The predicted molar refractivity (Wildman–Crippen MR) is 272 cm³/mol. The minimum Gasteiger partial charge on any atom is -0.494 e. The van der Waals surface area contributed by atoms with Crippen LogP contribution in [0, 0.1) is 0 Å². The van der Waals surface area contributed by atoms with Crippen LogP contribution in [0.1, 0.15) is 34.6 Å². The highest BCUT2D eigenvalue weighted by Crippen LogP contribution is 2.44. The van der Waals surface area contributed by atoms with Crippen molar-refractivity contribution in [2.75, 3.05) is 66.6 Å². The summed E-state index contributed by atoms with van der Waals surface area (Å²) >= 11 is 1.39. The molecular formula is C47H51N11O8S3. The molecule has 19 nitrogen and oxygen atoms in total. The van der Waals surface area contributed by atoms with Crippen molar-refractivity contribution in [2.24, 2.45) is 20.5 Å². The summed E-state index contributed by atoms with van der Waals surface area (Å²) < 4.78 is 80.5. The minimum atomic E-state index is -4.53. The minimum absolute atomic E-state index is 0.157. The Morgan fingerprint density at radius 2 is 0.913 bits per heavy atom. The maximum Gasteiger partial charge on any atom is 0.295 e. The lowest BCUT2D eigenvalue weighted by molar-refractivity contribution is 0.414. The molecular weight excluding hydrogens is 943 g/mol. The maximum absolute atomic E-state index is 12.2. The first-order valence-electron chi connectivity index (χ1n) is 21.8. The van der Waals surface area contributed by atoms with Gasteiger partial charge >= 0.3 is 0 Å². The molecule has 1 aromatic heterocycles. The summed E-state index contributed by atoms with van der Waals surface area (Å²) in [6.45, 7) is 12.8. The van der Waals surface area contributed by atoms with Crippen molar-refractivity contribution in [3.8, 4) is 11.5 Å². The number of fused-ring (bicyclic) bond motifs is 2. The summed E-state index contributed by atoms with van der Waals surface area (Å²) in [7, 11) is -5.92. The number of ether oxygens (including phenoxy) is 2. The molecule has 0 aliphatic carbocycles. The van der Waals surface area contributed by atoms with E-state index >= 15 is 0 Å². The van der Waals surface area contributed by atoms with Crippen LogP contribution in [0.4, 0.5) is 57.4 Å². The molecule has 7 aromatic rings. The van der Waals surface area contributed by atoms with E-state index in [2.05, 4.69) is 40.9 Å². The van der Waals surface area contributed by atoms with E-state index in [1.54, 1.807) is 74.9 Å². The molecule has 0 saturated heterocycles. The Kier molecular flexibility index (Phi) is 15.6. The van der Waals surface area contributed by atoms with Gasteiger partial charge in [-0.2, -0.15) is 31.8 Å². The zero-order chi connectivity index (χ0) is 49.5. The van der Waals surface area contributed by atoms with Gasteiger partial charge in [-0.25, -0.2) is 0 Å². The van der Waals surface area contributed by atoms with Crippen LogP contribution in [-0.2, 0) is 20.2 Å². The highest BCUT2D eigenvalue weighted by atomic mass is 32.2. The van der Waals surface area contributed by atoms with Gasteiger partial charge in [-0.05, 0) is 69.8 Å². The molecule has 0 radical (unpaired) electrons. The van der Waals surface area contributed by atoms with Gasteiger partial charge in [0.2, 0.25) is 11.9 Å². The van der Waals surface area contributed by atoms with Crippen molar-refractivity contribution in [3.05, 3.63) is 97.1 Å². The Morgan fingerprint density at radius 3 is 1.26 bits per heavy atom. The van der Waals surface area contributed by atoms with Crippen LogP contribution in [0.25, 0.3) is 21.5 Å². The lowest BCUT2D eigenvalue weighted by atomic mass is 10.1. The topological polar surface area (TPSA) is 246 Å². The van der Waals surface area contributed by atoms with E-state index in [1.165, 1.54) is 36.0 Å². The zero-order valence-electron chi connectivity index (χ0n) is 38.9. The number of methoxy groups -OCH3 is 2. The van der Waals surface area contributed by atoms with Crippen molar-refractivity contribution >= 4 is 111 Å². The fraction of sp³-hybridized carbons (Fsp3) is 0.255. The van der Waals surface area contributed by atoms with Crippen LogP contribution in [0.2, 0.25) is 0 Å². The van der Waals surface area contributed by atoms with Gasteiger partial charge in [0.05, 0.1) is 48.3 Å². The molecule has 1 heterocycles. The predicted octanol–water partition coefficient (Wildman–Crippen LogP) is 11.8. The molecule has 0 fully saturated rings. The third kappa shape index (κ3) is 11.2. The van der Waals surface area contributed by atoms with Crippen molar-refractivity contribution < 1.29 is 35.4 Å². The largest absolute Gasteiger partial charge is 0.494 e. The average Bonchev–Trinajstić information content (AvgIpc) is 3.33. The van der Waals surface area contributed by atoms with E-state index in [4.69, 9.17) is 24.4 Å². The van der Waals surface area contributed by atoms with Gasteiger partial charge in [-0.15, -0.1) is 20.5 Å². The first-order chi connectivity index (χ1) is 33.1. The number of thioether (sulfide) groups is 1. The molecule has 0 amide bonds. The number of nitrogens with zero attached hydrogens (tertiary/aromatic N) is 9. The molecule has 22 heteroatoms. The van der Waals surface area contributed by atoms with Crippen molar-refractivity contribution in [1.29, 1.82) is 0 Å². The molecule has 360 valence electrons. The van der Waals surface area contributed by atoms with E-state index in [-0.39, 0.29) is 32.5 Å². The van der Waals surface area contributed by atoms with Crippen LogP contribution in [0.5, 0.6) is 11.5 Å². The SMILES string of the molecule is CCSc1nc(Nc2cc(N(CC)CC)c(OC)cc2/N=N/c2ccc(S(=O)(=O)O)c3ccccc23)nc(Nc2cc(N(CC)CC)c(OC)cc2/N=N/c2ccc(S(=O)(=O)O)c3ccccc23)n1. The smallest absolute Gasteiger partial charge is 0.295 e. The molecule has 0 bridgehead atoms. The molecule has 0 unspecified atom stereocenters. The summed E-state index contributed by atoms with van der Waals surface area (Å²) in [5, 5.41) is 27.0. The van der Waals surface area contributed by atoms with Crippen molar-refractivity contribution in [2.45, 2.75) is 49.6 Å². The highest BCUT2D eigenvalue weighted by Gasteiger charge is 2.21. The Morgan fingerprint density at radius 1 is 0.536 bits per heavy atom. The highest BCUT2D eigenvalue weighted by molar-refractivity contribution is 7.99. The van der Waals surface area contributed by atoms with Gasteiger partial charge in [-0.1, -0.05) is 67.2 Å². The fourth-order valence-corrected chi connectivity index (χ4v) is 9.64. The number of azo groups is 2.